The van der Waals surface area contributed by atoms with Crippen molar-refractivity contribution in [1.82, 2.24) is 19.6 Å². The number of halogens is 5. The lowest BCUT2D eigenvalue weighted by atomic mass is 10.2. The molecule has 7 nitrogen and oxygen atoms in total. The Hall–Kier alpha value is -2.83. The third-order valence-corrected chi connectivity index (χ3v) is 5.37. The van der Waals surface area contributed by atoms with Crippen LogP contribution in [-0.4, -0.2) is 40.4 Å². The Morgan fingerprint density at radius 3 is 2.57 bits per heavy atom. The monoisotopic (exact) mass is 422 g/mol. The van der Waals surface area contributed by atoms with Gasteiger partial charge in [-0.1, -0.05) is 6.92 Å². The number of rotatable bonds is 5. The number of alkyl halides is 5. The number of hydrogen-bond acceptors (Lipinski definition) is 6. The highest BCUT2D eigenvalue weighted by atomic mass is 32.2. The van der Waals surface area contributed by atoms with Crippen molar-refractivity contribution in [1.29, 1.82) is 0 Å². The van der Waals surface area contributed by atoms with Gasteiger partial charge in [0.1, 0.15) is 11.4 Å². The predicted molar refractivity (Wildman–Crippen MR) is 85.6 cm³/mol. The van der Waals surface area contributed by atoms with E-state index < -0.39 is 39.0 Å². The molecule has 0 atom stereocenters. The minimum atomic E-state index is -4.68. The zero-order valence-electron chi connectivity index (χ0n) is 14.0. The molecule has 13 heteroatoms. The second-order valence-corrected chi connectivity index (χ2v) is 7.69. The van der Waals surface area contributed by atoms with Crippen molar-refractivity contribution >= 4 is 15.5 Å². The number of fused-ring (bicyclic) bond motifs is 1. The molecule has 0 radical (unpaired) electrons. The van der Waals surface area contributed by atoms with E-state index >= 15 is 0 Å². The van der Waals surface area contributed by atoms with Gasteiger partial charge in [-0.2, -0.15) is 27.1 Å². The Morgan fingerprint density at radius 2 is 1.96 bits per heavy atom. The maximum Gasteiger partial charge on any atom is 0.435 e. The summed E-state index contributed by atoms with van der Waals surface area (Å²) in [5.41, 5.74) is -1.65. The molecule has 28 heavy (non-hydrogen) atoms. The summed E-state index contributed by atoms with van der Waals surface area (Å²) in [4.78, 5) is 7.36. The fourth-order valence-corrected chi connectivity index (χ4v) is 3.39. The van der Waals surface area contributed by atoms with E-state index in [0.717, 1.165) is 23.0 Å². The van der Waals surface area contributed by atoms with Crippen LogP contribution in [0.2, 0.25) is 0 Å². The predicted octanol–water partition coefficient (Wildman–Crippen LogP) is 3.21. The molecule has 0 saturated carbocycles. The number of sulfone groups is 1. The molecule has 0 aliphatic carbocycles. The fourth-order valence-electron chi connectivity index (χ4n) is 2.33. The van der Waals surface area contributed by atoms with Crippen LogP contribution >= 0.6 is 0 Å². The van der Waals surface area contributed by atoms with Gasteiger partial charge in [0.15, 0.2) is 21.2 Å². The first-order valence-corrected chi connectivity index (χ1v) is 9.28. The topological polar surface area (TPSA) is 86.5 Å². The molecule has 0 aromatic carbocycles. The molecule has 3 rings (SSSR count). The van der Waals surface area contributed by atoms with Crippen molar-refractivity contribution < 1.29 is 35.1 Å². The van der Waals surface area contributed by atoms with E-state index in [1.54, 1.807) is 0 Å². The second kappa shape index (κ2) is 6.96. The summed E-state index contributed by atoms with van der Waals surface area (Å²) in [5, 5.41) is 3.34. The Labute approximate surface area is 154 Å². The molecule has 3 heterocycles. The van der Waals surface area contributed by atoms with Crippen LogP contribution in [0.4, 0.5) is 22.0 Å². The van der Waals surface area contributed by atoms with E-state index in [9.17, 15) is 30.4 Å². The second-order valence-electron chi connectivity index (χ2n) is 5.44. The van der Waals surface area contributed by atoms with Crippen molar-refractivity contribution in [2.45, 2.75) is 24.6 Å². The third kappa shape index (κ3) is 3.88. The van der Waals surface area contributed by atoms with Crippen molar-refractivity contribution in [3.05, 3.63) is 36.3 Å². The summed E-state index contributed by atoms with van der Waals surface area (Å²) in [6, 6.07) is 2.77. The van der Waals surface area contributed by atoms with E-state index in [0.29, 0.717) is 6.07 Å². The van der Waals surface area contributed by atoms with Crippen LogP contribution < -0.4 is 4.74 Å². The van der Waals surface area contributed by atoms with Gasteiger partial charge in [0.05, 0.1) is 22.5 Å². The summed E-state index contributed by atoms with van der Waals surface area (Å²) < 4.78 is 93.0. The first-order chi connectivity index (χ1) is 13.0. The number of aromatic nitrogens is 4. The van der Waals surface area contributed by atoms with E-state index in [-0.39, 0.29) is 22.8 Å². The molecule has 0 amide bonds. The van der Waals surface area contributed by atoms with Crippen LogP contribution in [0.1, 0.15) is 12.6 Å². The highest BCUT2D eigenvalue weighted by Crippen LogP contribution is 2.31. The first kappa shape index (κ1) is 19.9. The summed E-state index contributed by atoms with van der Waals surface area (Å²) in [7, 11) is -3.94. The van der Waals surface area contributed by atoms with Gasteiger partial charge in [-0.25, -0.2) is 22.9 Å². The van der Waals surface area contributed by atoms with Crippen molar-refractivity contribution in [3.8, 4) is 17.1 Å². The molecule has 0 aliphatic rings. The van der Waals surface area contributed by atoms with E-state index in [4.69, 9.17) is 0 Å². The lowest BCUT2D eigenvalue weighted by Gasteiger charge is -2.11. The molecular formula is C15H11F5N4O3S. The molecule has 0 spiro atoms. The van der Waals surface area contributed by atoms with Crippen molar-refractivity contribution in [2.24, 2.45) is 0 Å². The summed E-state index contributed by atoms with van der Waals surface area (Å²) in [6.07, 6.45) is -2.66. The first-order valence-electron chi connectivity index (χ1n) is 7.63. The minimum Gasteiger partial charge on any atom is -0.433 e. The van der Waals surface area contributed by atoms with Crippen LogP contribution in [0, 0.1) is 0 Å². The number of hydrogen-bond donors (Lipinski definition) is 0. The molecule has 0 bridgehead atoms. The molecule has 150 valence electrons. The standard InChI is InChI=1S/C15H11F5N4O3S/c1-2-28(25,26)10-5-8(27-14(16)17)7-21-13(10)9-3-4-24-12(22-9)6-11(23-24)15(18,19)20/h3-7,14H,2H2,1H3. The Bertz CT molecular complexity index is 1130. The van der Waals surface area contributed by atoms with E-state index in [1.165, 1.54) is 13.0 Å². The lowest BCUT2D eigenvalue weighted by Crippen LogP contribution is -2.10. The van der Waals surface area contributed by atoms with Gasteiger partial charge in [0.25, 0.3) is 0 Å². The molecule has 0 saturated heterocycles. The maximum absolute atomic E-state index is 12.8. The highest BCUT2D eigenvalue weighted by Gasteiger charge is 2.34. The minimum absolute atomic E-state index is 0.0725. The summed E-state index contributed by atoms with van der Waals surface area (Å²) in [5.74, 6) is -0.844. The van der Waals surface area contributed by atoms with Gasteiger partial charge in [0.2, 0.25) is 0 Å². The van der Waals surface area contributed by atoms with E-state index in [1.807, 2.05) is 0 Å². The van der Waals surface area contributed by atoms with Crippen molar-refractivity contribution in [3.63, 3.8) is 0 Å². The largest absolute Gasteiger partial charge is 0.435 e. The number of ether oxygens (including phenoxy) is 1. The van der Waals surface area contributed by atoms with Crippen LogP contribution in [0.15, 0.2) is 35.5 Å². The fraction of sp³-hybridized carbons (Fsp3) is 0.267. The van der Waals surface area contributed by atoms with Gasteiger partial charge in [0, 0.05) is 18.3 Å². The summed E-state index contributed by atoms with van der Waals surface area (Å²) in [6.45, 7) is -1.85. The SMILES string of the molecule is CCS(=O)(=O)c1cc(OC(F)F)cnc1-c1ccn2nc(C(F)(F)F)cc2n1. The van der Waals surface area contributed by atoms with Gasteiger partial charge < -0.3 is 4.74 Å². The van der Waals surface area contributed by atoms with Gasteiger partial charge >= 0.3 is 12.8 Å². The molecule has 0 fully saturated rings. The lowest BCUT2D eigenvalue weighted by molar-refractivity contribution is -0.141. The normalized spacial score (nSPS) is 12.7. The van der Waals surface area contributed by atoms with Gasteiger partial charge in [-0.3, -0.25) is 0 Å². The average Bonchev–Trinajstić information content (AvgIpc) is 3.05. The summed E-state index contributed by atoms with van der Waals surface area (Å²) >= 11 is 0. The smallest absolute Gasteiger partial charge is 0.433 e. The quantitative estimate of drug-likeness (QED) is 0.587. The third-order valence-electron chi connectivity index (χ3n) is 3.63. The van der Waals surface area contributed by atoms with Gasteiger partial charge in [-0.15, -0.1) is 0 Å². The molecular weight excluding hydrogens is 411 g/mol. The van der Waals surface area contributed by atoms with Crippen molar-refractivity contribution in [2.75, 3.05) is 5.75 Å². The average molecular weight is 422 g/mol. The van der Waals surface area contributed by atoms with Crippen LogP contribution in [0.3, 0.4) is 0 Å². The van der Waals surface area contributed by atoms with Crippen LogP contribution in [0.5, 0.6) is 5.75 Å². The Balaban J connectivity index is 2.16. The number of pyridine rings is 1. The molecule has 0 unspecified atom stereocenters. The van der Waals surface area contributed by atoms with Gasteiger partial charge in [-0.05, 0) is 6.07 Å². The maximum atomic E-state index is 12.8. The molecule has 3 aromatic heterocycles. The number of nitrogens with zero attached hydrogens (tertiary/aromatic N) is 4. The highest BCUT2D eigenvalue weighted by molar-refractivity contribution is 7.91. The van der Waals surface area contributed by atoms with E-state index in [2.05, 4.69) is 19.8 Å². The Kier molecular flexibility index (Phi) is 4.95. The molecule has 0 N–H and O–H groups in total. The zero-order valence-corrected chi connectivity index (χ0v) is 14.8. The molecule has 3 aromatic rings. The zero-order chi connectivity index (χ0) is 20.7. The Morgan fingerprint density at radius 1 is 1.25 bits per heavy atom. The molecule has 0 aliphatic heterocycles. The van der Waals surface area contributed by atoms with Crippen LogP contribution in [-0.2, 0) is 16.0 Å². The van der Waals surface area contributed by atoms with Crippen LogP contribution in [0.25, 0.3) is 17.0 Å².